The van der Waals surface area contributed by atoms with E-state index in [1.807, 2.05) is 12.1 Å². The topological polar surface area (TPSA) is 39.1 Å². The molecule has 3 nitrogen and oxygen atoms in total. The third kappa shape index (κ3) is 2.02. The van der Waals surface area contributed by atoms with Gasteiger partial charge in [-0.3, -0.25) is 0 Å². The Balaban J connectivity index is 2.39. The summed E-state index contributed by atoms with van der Waals surface area (Å²) in [6.45, 7) is 6.13. The van der Waals surface area contributed by atoms with Gasteiger partial charge in [0.05, 0.1) is 11.3 Å². The maximum absolute atomic E-state index is 9.18. The van der Waals surface area contributed by atoms with Crippen LogP contribution in [0.25, 0.3) is 0 Å². The first-order chi connectivity index (χ1) is 7.86. The molecule has 16 heavy (non-hydrogen) atoms. The maximum Gasteiger partial charge on any atom is 0.101 e. The van der Waals surface area contributed by atoms with E-state index in [4.69, 9.17) is 0 Å². The highest BCUT2D eigenvalue weighted by atomic mass is 15.2. The summed E-state index contributed by atoms with van der Waals surface area (Å²) in [5, 5.41) is 12.5. The van der Waals surface area contributed by atoms with Crippen LogP contribution in [0.2, 0.25) is 0 Å². The minimum Gasteiger partial charge on any atom is -0.368 e. The Morgan fingerprint density at radius 2 is 2.12 bits per heavy atom. The summed E-state index contributed by atoms with van der Waals surface area (Å²) < 4.78 is 0. The van der Waals surface area contributed by atoms with Gasteiger partial charge in [-0.05, 0) is 18.1 Å². The number of nitriles is 1. The van der Waals surface area contributed by atoms with Gasteiger partial charge in [0.1, 0.15) is 6.07 Å². The predicted octanol–water partition coefficient (Wildman–Crippen LogP) is 1.53. The van der Waals surface area contributed by atoms with Crippen molar-refractivity contribution < 1.29 is 0 Å². The number of anilines is 1. The number of benzene rings is 1. The van der Waals surface area contributed by atoms with E-state index < -0.39 is 0 Å². The number of para-hydroxylation sites is 1. The third-order valence-corrected chi connectivity index (χ3v) is 3.05. The largest absolute Gasteiger partial charge is 0.368 e. The van der Waals surface area contributed by atoms with Gasteiger partial charge in [0.15, 0.2) is 0 Å². The lowest BCUT2D eigenvalue weighted by molar-refractivity contribution is 0.587. The van der Waals surface area contributed by atoms with Gasteiger partial charge in [0.2, 0.25) is 0 Å². The van der Waals surface area contributed by atoms with Gasteiger partial charge in [0, 0.05) is 26.2 Å². The molecule has 1 saturated heterocycles. The van der Waals surface area contributed by atoms with Crippen molar-refractivity contribution in [3.63, 3.8) is 0 Å². The van der Waals surface area contributed by atoms with Crippen molar-refractivity contribution in [3.05, 3.63) is 29.3 Å². The van der Waals surface area contributed by atoms with Crippen molar-refractivity contribution in [1.29, 1.82) is 5.26 Å². The summed E-state index contributed by atoms with van der Waals surface area (Å²) >= 11 is 0. The first-order valence-corrected chi connectivity index (χ1v) is 5.84. The van der Waals surface area contributed by atoms with Crippen molar-refractivity contribution in [3.8, 4) is 6.07 Å². The molecule has 3 heteroatoms. The fraction of sp³-hybridized carbons (Fsp3) is 0.462. The summed E-state index contributed by atoms with van der Waals surface area (Å²) in [6.07, 6.45) is 0.981. The summed E-state index contributed by atoms with van der Waals surface area (Å²) in [6, 6.07) is 8.32. The second-order valence-corrected chi connectivity index (χ2v) is 4.02. The number of hydrogen-bond donors (Lipinski definition) is 1. The molecule has 0 atom stereocenters. The quantitative estimate of drug-likeness (QED) is 0.813. The van der Waals surface area contributed by atoms with Crippen molar-refractivity contribution in [2.45, 2.75) is 13.3 Å². The Morgan fingerprint density at radius 3 is 2.75 bits per heavy atom. The number of nitrogens with one attached hydrogen (secondary N) is 1. The van der Waals surface area contributed by atoms with Crippen LogP contribution < -0.4 is 10.2 Å². The van der Waals surface area contributed by atoms with Crippen LogP contribution in [0.1, 0.15) is 18.1 Å². The molecule has 1 aliphatic rings. The average Bonchev–Trinajstić information content (AvgIpc) is 2.38. The highest BCUT2D eigenvalue weighted by Gasteiger charge is 2.16. The Morgan fingerprint density at radius 1 is 1.38 bits per heavy atom. The molecule has 0 saturated carbocycles. The monoisotopic (exact) mass is 215 g/mol. The molecule has 0 bridgehead atoms. The first kappa shape index (κ1) is 11.0. The SMILES string of the molecule is CCc1cccc(C#N)c1N1CCNCC1. The standard InChI is InChI=1S/C13H17N3/c1-2-11-4-3-5-12(10-14)13(11)16-8-6-15-7-9-16/h3-5,15H,2,6-9H2,1H3. The number of aryl methyl sites for hydroxylation is 1. The summed E-state index contributed by atoms with van der Waals surface area (Å²) in [7, 11) is 0. The summed E-state index contributed by atoms with van der Waals surface area (Å²) in [5.74, 6) is 0. The molecule has 0 aromatic heterocycles. The molecule has 0 radical (unpaired) electrons. The Kier molecular flexibility index (Phi) is 3.43. The second kappa shape index (κ2) is 5.00. The zero-order chi connectivity index (χ0) is 11.4. The van der Waals surface area contributed by atoms with Gasteiger partial charge < -0.3 is 10.2 Å². The molecule has 0 aliphatic carbocycles. The Bertz CT molecular complexity index is 400. The zero-order valence-electron chi connectivity index (χ0n) is 9.66. The van der Waals surface area contributed by atoms with E-state index in [1.165, 1.54) is 5.56 Å². The minimum atomic E-state index is 0.807. The minimum absolute atomic E-state index is 0.807. The fourth-order valence-electron chi connectivity index (χ4n) is 2.23. The molecule has 1 aliphatic heterocycles. The lowest BCUT2D eigenvalue weighted by atomic mass is 10.0. The van der Waals surface area contributed by atoms with E-state index in [9.17, 15) is 5.26 Å². The first-order valence-electron chi connectivity index (χ1n) is 5.84. The van der Waals surface area contributed by atoms with E-state index in [0.717, 1.165) is 43.9 Å². The van der Waals surface area contributed by atoms with Crippen LogP contribution in [0.15, 0.2) is 18.2 Å². The van der Waals surface area contributed by atoms with E-state index in [0.29, 0.717) is 0 Å². The number of nitrogens with zero attached hydrogens (tertiary/aromatic N) is 2. The molecular weight excluding hydrogens is 198 g/mol. The zero-order valence-corrected chi connectivity index (χ0v) is 9.66. The van der Waals surface area contributed by atoms with E-state index >= 15 is 0 Å². The number of rotatable bonds is 2. The van der Waals surface area contributed by atoms with Gasteiger partial charge in [0.25, 0.3) is 0 Å². The smallest absolute Gasteiger partial charge is 0.101 e. The predicted molar refractivity (Wildman–Crippen MR) is 65.6 cm³/mol. The highest BCUT2D eigenvalue weighted by molar-refractivity contribution is 5.64. The molecule has 0 amide bonds. The van der Waals surface area contributed by atoms with Crippen LogP contribution in [0.5, 0.6) is 0 Å². The Hall–Kier alpha value is -1.53. The molecule has 2 rings (SSSR count). The summed E-state index contributed by atoms with van der Waals surface area (Å²) in [4.78, 5) is 2.33. The van der Waals surface area contributed by atoms with Gasteiger partial charge >= 0.3 is 0 Å². The van der Waals surface area contributed by atoms with Crippen LogP contribution in [0.4, 0.5) is 5.69 Å². The molecule has 1 N–H and O–H groups in total. The second-order valence-electron chi connectivity index (χ2n) is 4.02. The fourth-order valence-corrected chi connectivity index (χ4v) is 2.23. The van der Waals surface area contributed by atoms with Crippen LogP contribution in [-0.4, -0.2) is 26.2 Å². The van der Waals surface area contributed by atoms with E-state index in [2.05, 4.69) is 29.3 Å². The van der Waals surface area contributed by atoms with Crippen molar-refractivity contribution in [1.82, 2.24) is 5.32 Å². The molecule has 1 aromatic rings. The average molecular weight is 215 g/mol. The van der Waals surface area contributed by atoms with Crippen LogP contribution in [0, 0.1) is 11.3 Å². The Labute approximate surface area is 96.7 Å². The lowest BCUT2D eigenvalue weighted by Crippen LogP contribution is -2.44. The van der Waals surface area contributed by atoms with Gasteiger partial charge in [-0.25, -0.2) is 0 Å². The maximum atomic E-state index is 9.18. The molecule has 1 heterocycles. The van der Waals surface area contributed by atoms with Gasteiger partial charge in [-0.1, -0.05) is 19.1 Å². The van der Waals surface area contributed by atoms with Crippen molar-refractivity contribution >= 4 is 5.69 Å². The van der Waals surface area contributed by atoms with Crippen molar-refractivity contribution in [2.24, 2.45) is 0 Å². The highest BCUT2D eigenvalue weighted by Crippen LogP contribution is 2.26. The third-order valence-electron chi connectivity index (χ3n) is 3.05. The molecule has 1 aromatic carbocycles. The molecular formula is C13H17N3. The van der Waals surface area contributed by atoms with Crippen LogP contribution in [0.3, 0.4) is 0 Å². The molecule has 1 fully saturated rings. The molecule has 0 unspecified atom stereocenters. The van der Waals surface area contributed by atoms with E-state index in [-0.39, 0.29) is 0 Å². The normalized spacial score (nSPS) is 15.9. The van der Waals surface area contributed by atoms with Gasteiger partial charge in [-0.15, -0.1) is 0 Å². The van der Waals surface area contributed by atoms with E-state index in [1.54, 1.807) is 0 Å². The lowest BCUT2D eigenvalue weighted by Gasteiger charge is -2.31. The molecule has 0 spiro atoms. The molecule has 84 valence electrons. The van der Waals surface area contributed by atoms with Gasteiger partial charge in [-0.2, -0.15) is 5.26 Å². The number of hydrogen-bond acceptors (Lipinski definition) is 3. The summed E-state index contributed by atoms with van der Waals surface area (Å²) in [5.41, 5.74) is 3.23. The van der Waals surface area contributed by atoms with Crippen LogP contribution in [-0.2, 0) is 6.42 Å². The van der Waals surface area contributed by atoms with Crippen LogP contribution >= 0.6 is 0 Å². The van der Waals surface area contributed by atoms with Crippen molar-refractivity contribution in [2.75, 3.05) is 31.1 Å². The number of piperazine rings is 1.